The van der Waals surface area contributed by atoms with E-state index in [2.05, 4.69) is 53.3 Å². The van der Waals surface area contributed by atoms with Crippen LogP contribution in [-0.2, 0) is 26.0 Å². The summed E-state index contributed by atoms with van der Waals surface area (Å²) in [5, 5.41) is 10.4. The highest BCUT2D eigenvalue weighted by molar-refractivity contribution is 7.91. The summed E-state index contributed by atoms with van der Waals surface area (Å²) in [4.78, 5) is 36.4. The molecule has 4 unspecified atom stereocenters. The fourth-order valence-corrected chi connectivity index (χ4v) is 8.74. The van der Waals surface area contributed by atoms with Crippen molar-refractivity contribution in [3.8, 4) is 16.5 Å². The maximum absolute atomic E-state index is 13.3. The summed E-state index contributed by atoms with van der Waals surface area (Å²) in [5.74, 6) is 0.366. The number of allylic oxidation sites excluding steroid dienone is 1. The van der Waals surface area contributed by atoms with E-state index in [1.165, 1.54) is 0 Å². The number of nitrogens with one attached hydrogen (secondary N) is 3. The van der Waals surface area contributed by atoms with Gasteiger partial charge in [-0.25, -0.2) is 18.4 Å². The molecule has 10 nitrogen and oxygen atoms in total. The van der Waals surface area contributed by atoms with Gasteiger partial charge in [0.1, 0.15) is 10.8 Å². The predicted octanol–water partition coefficient (Wildman–Crippen LogP) is 4.63. The first kappa shape index (κ1) is 32.6. The topological polar surface area (TPSA) is 139 Å². The minimum atomic E-state index is -3.77. The van der Waals surface area contributed by atoms with Gasteiger partial charge in [0, 0.05) is 22.9 Å². The molecule has 2 amide bonds. The van der Waals surface area contributed by atoms with Gasteiger partial charge in [0.25, 0.3) is 0 Å². The number of amides is 2. The highest BCUT2D eigenvalue weighted by Gasteiger charge is 2.61. The van der Waals surface area contributed by atoms with E-state index >= 15 is 0 Å². The molecule has 2 saturated carbocycles. The predicted molar refractivity (Wildman–Crippen MR) is 180 cm³/mol. The number of methoxy groups -OCH3 is 1. The maximum atomic E-state index is 13.3. The van der Waals surface area contributed by atoms with Gasteiger partial charge in [-0.3, -0.25) is 14.3 Å². The van der Waals surface area contributed by atoms with Crippen LogP contribution in [0.1, 0.15) is 69.2 Å². The van der Waals surface area contributed by atoms with Crippen LogP contribution in [0.15, 0.2) is 36.2 Å². The molecule has 6 rings (SSSR count). The second-order valence-electron chi connectivity index (χ2n) is 13.8. The zero-order valence-corrected chi connectivity index (χ0v) is 28.7. The number of ether oxygens (including phenoxy) is 1. The van der Waals surface area contributed by atoms with Crippen LogP contribution in [0.4, 0.5) is 0 Å². The number of benzene rings is 1. The average molecular weight is 666 g/mol. The molecule has 46 heavy (non-hydrogen) atoms. The summed E-state index contributed by atoms with van der Waals surface area (Å²) < 4.78 is 32.5. The van der Waals surface area contributed by atoms with Crippen molar-refractivity contribution < 1.29 is 22.7 Å². The molecule has 3 aliphatic rings. The van der Waals surface area contributed by atoms with Crippen molar-refractivity contribution in [1.29, 1.82) is 0 Å². The number of aromatic nitrogens is 2. The van der Waals surface area contributed by atoms with Gasteiger partial charge in [0.2, 0.25) is 21.8 Å². The molecule has 1 aliphatic heterocycles. The van der Waals surface area contributed by atoms with Crippen LogP contribution < -0.4 is 20.1 Å². The molecule has 2 aliphatic carbocycles. The molecule has 12 heteroatoms. The highest BCUT2D eigenvalue weighted by atomic mass is 32.2. The largest absolute Gasteiger partial charge is 0.496 e. The third-order valence-corrected chi connectivity index (χ3v) is 13.2. The number of hydrogen-bond donors (Lipinski definition) is 3. The van der Waals surface area contributed by atoms with Gasteiger partial charge in [0.05, 0.1) is 40.2 Å². The van der Waals surface area contributed by atoms with Crippen molar-refractivity contribution in [2.45, 2.75) is 76.5 Å². The van der Waals surface area contributed by atoms with Gasteiger partial charge >= 0.3 is 0 Å². The molecule has 0 radical (unpaired) electrons. The maximum Gasteiger partial charge on any atom is 0.242 e. The number of carbonyl (C=O) groups excluding carboxylic acids is 2. The van der Waals surface area contributed by atoms with Gasteiger partial charge in [-0.15, -0.1) is 17.9 Å². The molecule has 4 atom stereocenters. The summed E-state index contributed by atoms with van der Waals surface area (Å²) >= 11 is 1.60. The van der Waals surface area contributed by atoms with Gasteiger partial charge in [-0.05, 0) is 94.0 Å². The number of rotatable bonds is 12. The van der Waals surface area contributed by atoms with Crippen LogP contribution in [0.5, 0.6) is 5.75 Å². The van der Waals surface area contributed by atoms with Crippen LogP contribution in [0.2, 0.25) is 0 Å². The number of thiazole rings is 1. The summed E-state index contributed by atoms with van der Waals surface area (Å²) in [6, 6.07) is 5.75. The van der Waals surface area contributed by atoms with Crippen LogP contribution in [0.3, 0.4) is 0 Å². The Hall–Kier alpha value is -3.35. The van der Waals surface area contributed by atoms with Crippen molar-refractivity contribution in [1.82, 2.24) is 25.3 Å². The summed E-state index contributed by atoms with van der Waals surface area (Å²) in [5.41, 5.74) is 3.88. The van der Waals surface area contributed by atoms with Crippen molar-refractivity contribution in [2.24, 2.45) is 17.3 Å². The van der Waals surface area contributed by atoms with E-state index in [0.717, 1.165) is 50.6 Å². The number of pyridine rings is 1. The molecular weight excluding hydrogens is 623 g/mol. The minimum absolute atomic E-state index is 0.0646. The highest BCUT2D eigenvalue weighted by Crippen LogP contribution is 2.54. The Bertz CT molecular complexity index is 1820. The van der Waals surface area contributed by atoms with Crippen LogP contribution in [0, 0.1) is 24.2 Å². The lowest BCUT2D eigenvalue weighted by molar-refractivity contribution is -0.126. The molecule has 2 aromatic heterocycles. The minimum Gasteiger partial charge on any atom is -0.496 e. The number of aryl methyl sites for hydroxylation is 1. The molecular formula is C34H43N5O5S2. The van der Waals surface area contributed by atoms with Crippen molar-refractivity contribution in [3.63, 3.8) is 0 Å². The standard InChI is InChI=1S/C34H43N5O5S2/c1-7-23-15-34(23,32(41)39-46(42,43)33(5)10-11-33)18-36-30(40)25-13-21(16-35-25)12-22-14-26(31-38-27(17-45-31)19(2)3)37-29-20(4)28(44-6)9-8-24(22)29/h7-9,14,17,19,21,23,25,35H,1,10-13,15-16,18H2,2-6H3,(H,36,40)(H,39,41). The molecule has 3 aromatic rings. The zero-order chi connectivity index (χ0) is 33.0. The van der Waals surface area contributed by atoms with Crippen molar-refractivity contribution in [3.05, 3.63) is 53.1 Å². The fourth-order valence-electron chi connectivity index (χ4n) is 6.47. The third kappa shape index (κ3) is 5.95. The van der Waals surface area contributed by atoms with Crippen molar-refractivity contribution in [2.75, 3.05) is 20.2 Å². The molecule has 3 heterocycles. The molecule has 246 valence electrons. The quantitative estimate of drug-likeness (QED) is 0.238. The third-order valence-electron chi connectivity index (χ3n) is 10.1. The van der Waals surface area contributed by atoms with E-state index in [1.807, 2.05) is 13.0 Å². The SMILES string of the molecule is C=CC1CC1(CNC(=O)C1CC(Cc2cc(-c3nc(C(C)C)cs3)nc3c(C)c(OC)ccc23)CN1)C(=O)NS(=O)(=O)C1(C)CC1. The lowest BCUT2D eigenvalue weighted by Gasteiger charge is -2.20. The molecule has 3 fully saturated rings. The second-order valence-corrected chi connectivity index (χ2v) is 16.8. The second kappa shape index (κ2) is 12.0. The van der Waals surface area contributed by atoms with Crippen molar-refractivity contribution >= 4 is 44.1 Å². The number of sulfonamides is 1. The van der Waals surface area contributed by atoms with Gasteiger partial charge < -0.3 is 15.4 Å². The molecule has 1 saturated heterocycles. The summed E-state index contributed by atoms with van der Waals surface area (Å²) in [6.07, 6.45) is 4.57. The van der Waals surface area contributed by atoms with Crippen LogP contribution in [-0.4, -0.2) is 61.2 Å². The fraction of sp³-hybridized carbons (Fsp3) is 0.529. The Labute approximate surface area is 274 Å². The lowest BCUT2D eigenvalue weighted by Crippen LogP contribution is -2.48. The summed E-state index contributed by atoms with van der Waals surface area (Å²) in [7, 11) is -2.11. The Kier molecular flexibility index (Phi) is 8.52. The first-order chi connectivity index (χ1) is 21.8. The Morgan fingerprint density at radius 3 is 2.65 bits per heavy atom. The first-order valence-electron chi connectivity index (χ1n) is 15.9. The normalized spacial score (nSPS) is 25.0. The number of fused-ring (bicyclic) bond motifs is 1. The monoisotopic (exact) mass is 665 g/mol. The Morgan fingerprint density at radius 2 is 2.02 bits per heavy atom. The number of hydrogen-bond acceptors (Lipinski definition) is 9. The molecule has 0 bridgehead atoms. The van der Waals surface area contributed by atoms with Gasteiger partial charge in [-0.1, -0.05) is 19.9 Å². The molecule has 1 aromatic carbocycles. The Morgan fingerprint density at radius 1 is 1.26 bits per heavy atom. The smallest absolute Gasteiger partial charge is 0.242 e. The summed E-state index contributed by atoms with van der Waals surface area (Å²) in [6.45, 7) is 12.5. The van der Waals surface area contributed by atoms with Crippen LogP contribution in [0.25, 0.3) is 21.6 Å². The Balaban J connectivity index is 1.15. The first-order valence-corrected chi connectivity index (χ1v) is 18.3. The van der Waals surface area contributed by atoms with E-state index < -0.39 is 32.1 Å². The molecule has 0 spiro atoms. The van der Waals surface area contributed by atoms with E-state index in [0.29, 0.717) is 38.1 Å². The zero-order valence-electron chi connectivity index (χ0n) is 27.1. The number of carbonyl (C=O) groups is 2. The molecule has 3 N–H and O–H groups in total. The van der Waals surface area contributed by atoms with E-state index in [1.54, 1.807) is 31.4 Å². The van der Waals surface area contributed by atoms with E-state index in [-0.39, 0.29) is 24.3 Å². The lowest BCUT2D eigenvalue weighted by atomic mass is 9.93. The average Bonchev–Trinajstić information content (AvgIpc) is 3.80. The van der Waals surface area contributed by atoms with Gasteiger partial charge in [0.15, 0.2) is 0 Å². The van der Waals surface area contributed by atoms with E-state index in [4.69, 9.17) is 14.7 Å². The number of nitrogens with zero attached hydrogens (tertiary/aromatic N) is 2. The van der Waals surface area contributed by atoms with Gasteiger partial charge in [-0.2, -0.15) is 0 Å². The van der Waals surface area contributed by atoms with Crippen LogP contribution >= 0.6 is 11.3 Å². The van der Waals surface area contributed by atoms with E-state index in [9.17, 15) is 18.0 Å².